The van der Waals surface area contributed by atoms with Crippen molar-refractivity contribution in [3.63, 3.8) is 0 Å². The largest absolute Gasteiger partial charge is 0.495 e. The van der Waals surface area contributed by atoms with E-state index in [4.69, 9.17) is 21.1 Å². The highest BCUT2D eigenvalue weighted by Gasteiger charge is 2.24. The number of anilines is 1. The summed E-state index contributed by atoms with van der Waals surface area (Å²) in [7, 11) is 1.65. The van der Waals surface area contributed by atoms with Gasteiger partial charge >= 0.3 is 0 Å². The summed E-state index contributed by atoms with van der Waals surface area (Å²) in [5.74, 6) is 0.778. The minimum atomic E-state index is 0.232. The molecule has 1 heterocycles. The van der Waals surface area contributed by atoms with Crippen LogP contribution in [0.3, 0.4) is 0 Å². The third-order valence-corrected chi connectivity index (χ3v) is 3.61. The van der Waals surface area contributed by atoms with Gasteiger partial charge in [-0.1, -0.05) is 11.6 Å². The molecule has 0 radical (unpaired) electrons. The van der Waals surface area contributed by atoms with Crippen molar-refractivity contribution < 1.29 is 9.47 Å². The number of aryl methyl sites for hydroxylation is 1. The summed E-state index contributed by atoms with van der Waals surface area (Å²) in [6, 6.07) is 4.20. The Labute approximate surface area is 107 Å². The van der Waals surface area contributed by atoms with Crippen molar-refractivity contribution in [2.45, 2.75) is 32.4 Å². The van der Waals surface area contributed by atoms with Crippen LogP contribution in [0, 0.1) is 6.92 Å². The first-order valence-corrected chi connectivity index (χ1v) is 6.22. The first-order chi connectivity index (χ1) is 8.11. The maximum absolute atomic E-state index is 6.08. The van der Waals surface area contributed by atoms with E-state index < -0.39 is 0 Å². The van der Waals surface area contributed by atoms with Crippen molar-refractivity contribution in [1.82, 2.24) is 0 Å². The van der Waals surface area contributed by atoms with Crippen molar-refractivity contribution in [1.29, 1.82) is 0 Å². The maximum atomic E-state index is 6.08. The Morgan fingerprint density at radius 1 is 1.47 bits per heavy atom. The van der Waals surface area contributed by atoms with Crippen molar-refractivity contribution in [2.75, 3.05) is 19.0 Å². The van der Waals surface area contributed by atoms with E-state index in [-0.39, 0.29) is 6.10 Å². The molecule has 1 aliphatic rings. The molecule has 0 aromatic heterocycles. The number of hydrogen-bond donors (Lipinski definition) is 1. The zero-order chi connectivity index (χ0) is 12.4. The minimum Gasteiger partial charge on any atom is -0.495 e. The second-order valence-corrected chi connectivity index (χ2v) is 4.82. The van der Waals surface area contributed by atoms with Gasteiger partial charge in [0, 0.05) is 17.7 Å². The molecule has 0 saturated carbocycles. The average Bonchev–Trinajstić information content (AvgIpc) is 2.69. The topological polar surface area (TPSA) is 30.5 Å². The molecule has 17 heavy (non-hydrogen) atoms. The number of ether oxygens (including phenoxy) is 2. The van der Waals surface area contributed by atoms with E-state index in [1.165, 1.54) is 0 Å². The average molecular weight is 256 g/mol. The minimum absolute atomic E-state index is 0.232. The Morgan fingerprint density at radius 2 is 2.24 bits per heavy atom. The van der Waals surface area contributed by atoms with E-state index in [1.807, 2.05) is 19.1 Å². The predicted molar refractivity (Wildman–Crippen MR) is 70.2 cm³/mol. The van der Waals surface area contributed by atoms with Crippen LogP contribution in [0.2, 0.25) is 5.02 Å². The van der Waals surface area contributed by atoms with E-state index in [9.17, 15) is 0 Å². The Bertz CT molecular complexity index is 409. The molecule has 1 fully saturated rings. The van der Waals surface area contributed by atoms with Crippen LogP contribution in [0.1, 0.15) is 18.9 Å². The SMILES string of the molecule is COc1cc(Cl)c(C)cc1NC1CCOC1C. The second kappa shape index (κ2) is 5.15. The Kier molecular flexibility index (Phi) is 3.79. The van der Waals surface area contributed by atoms with Crippen LogP contribution >= 0.6 is 11.6 Å². The molecule has 0 amide bonds. The molecule has 1 aromatic rings. The molecule has 0 bridgehead atoms. The number of benzene rings is 1. The van der Waals surface area contributed by atoms with Gasteiger partial charge in [0.2, 0.25) is 0 Å². The molecule has 94 valence electrons. The number of methoxy groups -OCH3 is 1. The Balaban J connectivity index is 2.22. The van der Waals surface area contributed by atoms with Crippen LogP contribution in [0.25, 0.3) is 0 Å². The molecule has 0 spiro atoms. The van der Waals surface area contributed by atoms with Crippen molar-refractivity contribution in [2.24, 2.45) is 0 Å². The van der Waals surface area contributed by atoms with Gasteiger partial charge in [0.1, 0.15) is 5.75 Å². The van der Waals surface area contributed by atoms with Crippen LogP contribution in [-0.2, 0) is 4.74 Å². The summed E-state index contributed by atoms with van der Waals surface area (Å²) in [4.78, 5) is 0. The van der Waals surface area contributed by atoms with Gasteiger partial charge in [-0.15, -0.1) is 0 Å². The monoisotopic (exact) mass is 255 g/mol. The molecule has 0 aliphatic carbocycles. The highest BCUT2D eigenvalue weighted by molar-refractivity contribution is 6.31. The number of nitrogens with one attached hydrogen (secondary N) is 1. The van der Waals surface area contributed by atoms with Crippen molar-refractivity contribution >= 4 is 17.3 Å². The quantitative estimate of drug-likeness (QED) is 0.900. The Hall–Kier alpha value is -0.930. The van der Waals surface area contributed by atoms with Crippen LogP contribution in [0.5, 0.6) is 5.75 Å². The highest BCUT2D eigenvalue weighted by Crippen LogP contribution is 2.32. The van der Waals surface area contributed by atoms with Gasteiger partial charge in [0.15, 0.2) is 0 Å². The summed E-state index contributed by atoms with van der Waals surface area (Å²) < 4.78 is 10.9. The highest BCUT2D eigenvalue weighted by atomic mass is 35.5. The number of rotatable bonds is 3. The van der Waals surface area contributed by atoms with Gasteiger partial charge in [0.25, 0.3) is 0 Å². The fourth-order valence-electron chi connectivity index (χ4n) is 2.07. The number of halogens is 1. The molecule has 2 atom stereocenters. The summed E-state index contributed by atoms with van der Waals surface area (Å²) in [6.07, 6.45) is 1.25. The van der Waals surface area contributed by atoms with Gasteiger partial charge in [-0.3, -0.25) is 0 Å². The maximum Gasteiger partial charge on any atom is 0.143 e. The van der Waals surface area contributed by atoms with Gasteiger partial charge in [0.05, 0.1) is 24.9 Å². The third kappa shape index (κ3) is 2.67. The van der Waals surface area contributed by atoms with E-state index in [0.29, 0.717) is 6.04 Å². The lowest BCUT2D eigenvalue weighted by Crippen LogP contribution is -2.26. The number of hydrogen-bond acceptors (Lipinski definition) is 3. The van der Waals surface area contributed by atoms with Gasteiger partial charge < -0.3 is 14.8 Å². The molecule has 1 N–H and O–H groups in total. The zero-order valence-corrected chi connectivity index (χ0v) is 11.2. The fraction of sp³-hybridized carbons (Fsp3) is 0.538. The van der Waals surface area contributed by atoms with Crippen LogP contribution in [0.4, 0.5) is 5.69 Å². The summed E-state index contributed by atoms with van der Waals surface area (Å²) >= 11 is 6.08. The first kappa shape index (κ1) is 12.5. The molecule has 2 rings (SSSR count). The molecule has 3 nitrogen and oxygen atoms in total. The Morgan fingerprint density at radius 3 is 2.82 bits per heavy atom. The summed E-state index contributed by atoms with van der Waals surface area (Å²) in [6.45, 7) is 4.88. The fourth-order valence-corrected chi connectivity index (χ4v) is 2.22. The third-order valence-electron chi connectivity index (χ3n) is 3.20. The summed E-state index contributed by atoms with van der Waals surface area (Å²) in [5, 5.41) is 4.19. The van der Waals surface area contributed by atoms with Crippen LogP contribution in [0.15, 0.2) is 12.1 Å². The standard InChI is InChI=1S/C13H18ClNO2/c1-8-6-12(13(16-3)7-10(8)14)15-11-4-5-17-9(11)2/h6-7,9,11,15H,4-5H2,1-3H3. The second-order valence-electron chi connectivity index (χ2n) is 4.42. The molecule has 1 aliphatic heterocycles. The van der Waals surface area contributed by atoms with Gasteiger partial charge in [-0.25, -0.2) is 0 Å². The van der Waals surface area contributed by atoms with Crippen molar-refractivity contribution in [3.8, 4) is 5.75 Å². The molecular weight excluding hydrogens is 238 g/mol. The molecule has 2 unspecified atom stereocenters. The lowest BCUT2D eigenvalue weighted by atomic mass is 10.1. The van der Waals surface area contributed by atoms with E-state index in [1.54, 1.807) is 7.11 Å². The normalized spacial score (nSPS) is 23.8. The lowest BCUT2D eigenvalue weighted by Gasteiger charge is -2.20. The summed E-state index contributed by atoms with van der Waals surface area (Å²) in [5.41, 5.74) is 2.03. The van der Waals surface area contributed by atoms with E-state index in [0.717, 1.165) is 35.1 Å². The molecule has 4 heteroatoms. The zero-order valence-electron chi connectivity index (χ0n) is 10.4. The van der Waals surface area contributed by atoms with Crippen molar-refractivity contribution in [3.05, 3.63) is 22.7 Å². The predicted octanol–water partition coefficient (Wildman–Crippen LogP) is 3.25. The van der Waals surface area contributed by atoms with E-state index in [2.05, 4.69) is 12.2 Å². The smallest absolute Gasteiger partial charge is 0.143 e. The first-order valence-electron chi connectivity index (χ1n) is 5.84. The van der Waals surface area contributed by atoms with Crippen LogP contribution in [-0.4, -0.2) is 25.9 Å². The molecular formula is C13H18ClNO2. The van der Waals surface area contributed by atoms with E-state index >= 15 is 0 Å². The lowest BCUT2D eigenvalue weighted by molar-refractivity contribution is 0.121. The van der Waals surface area contributed by atoms with Gasteiger partial charge in [-0.2, -0.15) is 0 Å². The van der Waals surface area contributed by atoms with Gasteiger partial charge in [-0.05, 0) is 31.9 Å². The molecule has 1 saturated heterocycles. The van der Waals surface area contributed by atoms with Crippen LogP contribution < -0.4 is 10.1 Å². The molecule has 1 aromatic carbocycles.